The summed E-state index contributed by atoms with van der Waals surface area (Å²) in [5, 5.41) is 5.90. The standard InChI is InChI=1S/C20H22N4O/c21-18-8-9-19(24-10-12-25-13-11-24)23-20(18)22-14-16-6-3-5-15-4-1-2-7-17(15)16/h1-9H,10-14,21H2,(H,22,23). The zero-order valence-corrected chi connectivity index (χ0v) is 14.1. The summed E-state index contributed by atoms with van der Waals surface area (Å²) in [4.78, 5) is 6.95. The number of fused-ring (bicyclic) bond motifs is 1. The lowest BCUT2D eigenvalue weighted by Gasteiger charge is -2.28. The van der Waals surface area contributed by atoms with Gasteiger partial charge in [0.25, 0.3) is 0 Å². The molecule has 0 amide bonds. The maximum Gasteiger partial charge on any atom is 0.151 e. The first-order chi connectivity index (χ1) is 12.3. The summed E-state index contributed by atoms with van der Waals surface area (Å²) >= 11 is 0. The molecule has 0 bridgehead atoms. The lowest BCUT2D eigenvalue weighted by molar-refractivity contribution is 0.122. The van der Waals surface area contributed by atoms with Gasteiger partial charge in [0.15, 0.2) is 5.82 Å². The van der Waals surface area contributed by atoms with E-state index in [-0.39, 0.29) is 0 Å². The van der Waals surface area contributed by atoms with Gasteiger partial charge in [0.1, 0.15) is 5.82 Å². The molecule has 3 aromatic rings. The molecular formula is C20H22N4O. The van der Waals surface area contributed by atoms with Crippen molar-refractivity contribution in [1.82, 2.24) is 4.98 Å². The van der Waals surface area contributed by atoms with Crippen LogP contribution in [0.25, 0.3) is 10.8 Å². The first kappa shape index (κ1) is 15.7. The van der Waals surface area contributed by atoms with E-state index in [1.54, 1.807) is 0 Å². The minimum absolute atomic E-state index is 0.664. The van der Waals surface area contributed by atoms with E-state index in [0.717, 1.165) is 37.9 Å². The minimum Gasteiger partial charge on any atom is -0.396 e. The monoisotopic (exact) mass is 334 g/mol. The topological polar surface area (TPSA) is 63.4 Å². The van der Waals surface area contributed by atoms with Crippen molar-refractivity contribution in [3.63, 3.8) is 0 Å². The van der Waals surface area contributed by atoms with Crippen LogP contribution in [0.5, 0.6) is 0 Å². The number of rotatable bonds is 4. The number of anilines is 3. The highest BCUT2D eigenvalue weighted by Gasteiger charge is 2.14. The van der Waals surface area contributed by atoms with E-state index in [2.05, 4.69) is 52.7 Å². The number of nitrogen functional groups attached to an aromatic ring is 1. The van der Waals surface area contributed by atoms with Gasteiger partial charge in [0, 0.05) is 19.6 Å². The molecule has 128 valence electrons. The quantitative estimate of drug-likeness (QED) is 0.767. The molecule has 1 aromatic heterocycles. The highest BCUT2D eigenvalue weighted by Crippen LogP contribution is 2.24. The summed E-state index contributed by atoms with van der Waals surface area (Å²) in [5.74, 6) is 1.68. The van der Waals surface area contributed by atoms with Crippen LogP contribution in [0.1, 0.15) is 5.56 Å². The zero-order valence-electron chi connectivity index (χ0n) is 14.1. The molecule has 1 aliphatic rings. The summed E-state index contributed by atoms with van der Waals surface area (Å²) in [5.41, 5.74) is 8.02. The van der Waals surface area contributed by atoms with Crippen LogP contribution in [0.4, 0.5) is 17.3 Å². The lowest BCUT2D eigenvalue weighted by atomic mass is 10.0. The van der Waals surface area contributed by atoms with Crippen molar-refractivity contribution in [2.24, 2.45) is 0 Å². The Labute approximate surface area is 147 Å². The largest absolute Gasteiger partial charge is 0.396 e. The molecule has 1 fully saturated rings. The van der Waals surface area contributed by atoms with Crippen molar-refractivity contribution in [1.29, 1.82) is 0 Å². The fourth-order valence-electron chi connectivity index (χ4n) is 3.20. The lowest BCUT2D eigenvalue weighted by Crippen LogP contribution is -2.36. The number of hydrogen-bond donors (Lipinski definition) is 2. The molecule has 2 heterocycles. The van der Waals surface area contributed by atoms with E-state index < -0.39 is 0 Å². The summed E-state index contributed by atoms with van der Waals surface area (Å²) in [6.07, 6.45) is 0. The number of aromatic nitrogens is 1. The second-order valence-corrected chi connectivity index (χ2v) is 6.20. The Morgan fingerprint density at radius 1 is 1.00 bits per heavy atom. The first-order valence-electron chi connectivity index (χ1n) is 8.61. The van der Waals surface area contributed by atoms with Crippen LogP contribution in [-0.2, 0) is 11.3 Å². The van der Waals surface area contributed by atoms with Gasteiger partial charge in [0.2, 0.25) is 0 Å². The summed E-state index contributed by atoms with van der Waals surface area (Å²) in [6, 6.07) is 18.6. The molecule has 25 heavy (non-hydrogen) atoms. The minimum atomic E-state index is 0.664. The normalized spacial score (nSPS) is 14.6. The van der Waals surface area contributed by atoms with Crippen LogP contribution in [-0.4, -0.2) is 31.3 Å². The highest BCUT2D eigenvalue weighted by atomic mass is 16.5. The fraction of sp³-hybridized carbons (Fsp3) is 0.250. The third-order valence-corrected chi connectivity index (χ3v) is 4.57. The Hall–Kier alpha value is -2.79. The predicted molar refractivity (Wildman–Crippen MR) is 103 cm³/mol. The van der Waals surface area contributed by atoms with Gasteiger partial charge < -0.3 is 20.7 Å². The van der Waals surface area contributed by atoms with Crippen molar-refractivity contribution >= 4 is 28.1 Å². The third kappa shape index (κ3) is 3.37. The average molecular weight is 334 g/mol. The summed E-state index contributed by atoms with van der Waals surface area (Å²) < 4.78 is 5.41. The molecule has 1 aliphatic heterocycles. The second-order valence-electron chi connectivity index (χ2n) is 6.20. The number of hydrogen-bond acceptors (Lipinski definition) is 5. The molecule has 5 heteroatoms. The van der Waals surface area contributed by atoms with Crippen LogP contribution in [0.3, 0.4) is 0 Å². The maximum atomic E-state index is 6.13. The van der Waals surface area contributed by atoms with Gasteiger partial charge in [-0.1, -0.05) is 42.5 Å². The van der Waals surface area contributed by atoms with Gasteiger partial charge in [-0.3, -0.25) is 0 Å². The molecule has 0 aliphatic carbocycles. The fourth-order valence-corrected chi connectivity index (χ4v) is 3.20. The highest BCUT2D eigenvalue weighted by molar-refractivity contribution is 5.85. The number of pyridine rings is 1. The second kappa shape index (κ2) is 6.99. The van der Waals surface area contributed by atoms with Gasteiger partial charge in [-0.2, -0.15) is 0 Å². The van der Waals surface area contributed by atoms with Crippen molar-refractivity contribution in [2.45, 2.75) is 6.54 Å². The Kier molecular flexibility index (Phi) is 4.39. The maximum absolute atomic E-state index is 6.13. The Morgan fingerprint density at radius 2 is 1.80 bits per heavy atom. The van der Waals surface area contributed by atoms with Crippen molar-refractivity contribution in [3.05, 3.63) is 60.2 Å². The number of nitrogens with two attached hydrogens (primary N) is 1. The number of ether oxygens (including phenoxy) is 1. The molecule has 0 unspecified atom stereocenters. The van der Waals surface area contributed by atoms with Gasteiger partial charge in [-0.15, -0.1) is 0 Å². The first-order valence-corrected chi connectivity index (χ1v) is 8.61. The van der Waals surface area contributed by atoms with Crippen LogP contribution in [0.15, 0.2) is 54.6 Å². The summed E-state index contributed by atoms with van der Waals surface area (Å²) in [7, 11) is 0. The molecule has 3 N–H and O–H groups in total. The Bertz CT molecular complexity index is 869. The van der Waals surface area contributed by atoms with Crippen molar-refractivity contribution < 1.29 is 4.74 Å². The SMILES string of the molecule is Nc1ccc(N2CCOCC2)nc1NCc1cccc2ccccc12. The van der Waals surface area contributed by atoms with Gasteiger partial charge in [-0.25, -0.2) is 4.98 Å². The van der Waals surface area contributed by atoms with E-state index in [1.807, 2.05) is 12.1 Å². The number of nitrogens with zero attached hydrogens (tertiary/aromatic N) is 2. The van der Waals surface area contributed by atoms with E-state index in [1.165, 1.54) is 16.3 Å². The number of nitrogens with one attached hydrogen (secondary N) is 1. The molecule has 4 rings (SSSR count). The van der Waals surface area contributed by atoms with Gasteiger partial charge in [-0.05, 0) is 28.5 Å². The van der Waals surface area contributed by atoms with Crippen LogP contribution < -0.4 is 16.0 Å². The van der Waals surface area contributed by atoms with Crippen LogP contribution >= 0.6 is 0 Å². The van der Waals surface area contributed by atoms with Crippen molar-refractivity contribution in [2.75, 3.05) is 42.3 Å². The molecule has 0 saturated carbocycles. The summed E-state index contributed by atoms with van der Waals surface area (Å²) in [6.45, 7) is 3.89. The van der Waals surface area contributed by atoms with E-state index in [0.29, 0.717) is 12.2 Å². The molecule has 1 saturated heterocycles. The molecular weight excluding hydrogens is 312 g/mol. The van der Waals surface area contributed by atoms with Gasteiger partial charge in [0.05, 0.1) is 18.9 Å². The zero-order chi connectivity index (χ0) is 17.1. The Balaban J connectivity index is 1.55. The molecule has 5 nitrogen and oxygen atoms in total. The average Bonchev–Trinajstić information content (AvgIpc) is 2.68. The third-order valence-electron chi connectivity index (χ3n) is 4.57. The molecule has 0 atom stereocenters. The molecule has 0 spiro atoms. The Morgan fingerprint density at radius 3 is 2.68 bits per heavy atom. The predicted octanol–water partition coefficient (Wildman–Crippen LogP) is 3.27. The van der Waals surface area contributed by atoms with Crippen LogP contribution in [0, 0.1) is 0 Å². The van der Waals surface area contributed by atoms with Crippen molar-refractivity contribution in [3.8, 4) is 0 Å². The van der Waals surface area contributed by atoms with E-state index >= 15 is 0 Å². The molecule has 0 radical (unpaired) electrons. The number of benzene rings is 2. The van der Waals surface area contributed by atoms with Crippen LogP contribution in [0.2, 0.25) is 0 Å². The number of morpholine rings is 1. The molecule has 2 aromatic carbocycles. The smallest absolute Gasteiger partial charge is 0.151 e. The van der Waals surface area contributed by atoms with E-state index in [9.17, 15) is 0 Å². The van der Waals surface area contributed by atoms with E-state index in [4.69, 9.17) is 15.5 Å². The van der Waals surface area contributed by atoms with Gasteiger partial charge >= 0.3 is 0 Å².